The van der Waals surface area contributed by atoms with Crippen LogP contribution in [0.4, 0.5) is 0 Å². The first-order valence-corrected chi connectivity index (χ1v) is 7.70. The number of aliphatic hydroxyl groups excluding tert-OH is 1. The Hall–Kier alpha value is -1.88. The number of hydrogen-bond donors (Lipinski definition) is 3. The maximum Gasteiger partial charge on any atom is 0.251 e. The number of rotatable bonds is 5. The molecule has 2 rings (SSSR count). The van der Waals surface area contributed by atoms with Gasteiger partial charge in [0.05, 0.1) is 6.61 Å². The lowest BCUT2D eigenvalue weighted by Crippen LogP contribution is -2.44. The van der Waals surface area contributed by atoms with Crippen molar-refractivity contribution in [1.29, 1.82) is 0 Å². The van der Waals surface area contributed by atoms with E-state index >= 15 is 0 Å². The number of hydrogen-bond acceptors (Lipinski definition) is 3. The quantitative estimate of drug-likeness (QED) is 0.773. The molecule has 1 fully saturated rings. The Morgan fingerprint density at radius 2 is 2.00 bits per heavy atom. The fraction of sp³-hybridized carbons (Fsp3) is 0.529. The number of carbonyl (C=O) groups excluding carboxylic acids is 2. The van der Waals surface area contributed by atoms with Crippen molar-refractivity contribution in [2.75, 3.05) is 6.61 Å². The molecule has 120 valence electrons. The molecule has 5 heteroatoms. The summed E-state index contributed by atoms with van der Waals surface area (Å²) < 4.78 is 0. The van der Waals surface area contributed by atoms with Crippen LogP contribution in [0.2, 0.25) is 0 Å². The van der Waals surface area contributed by atoms with E-state index < -0.39 is 0 Å². The molecule has 22 heavy (non-hydrogen) atoms. The van der Waals surface area contributed by atoms with Gasteiger partial charge in [0.25, 0.3) is 5.91 Å². The molecule has 1 aromatic carbocycles. The van der Waals surface area contributed by atoms with E-state index in [-0.39, 0.29) is 29.9 Å². The molecule has 5 nitrogen and oxygen atoms in total. The number of aliphatic hydroxyl groups is 1. The van der Waals surface area contributed by atoms with Gasteiger partial charge in [-0.15, -0.1) is 0 Å². The Morgan fingerprint density at radius 3 is 2.59 bits per heavy atom. The van der Waals surface area contributed by atoms with Crippen molar-refractivity contribution in [3.8, 4) is 0 Å². The van der Waals surface area contributed by atoms with Crippen molar-refractivity contribution >= 4 is 11.8 Å². The third-order valence-electron chi connectivity index (χ3n) is 4.51. The molecule has 1 saturated carbocycles. The molecule has 2 atom stereocenters. The molecule has 1 aromatic rings. The second kappa shape index (κ2) is 6.92. The van der Waals surface area contributed by atoms with Crippen molar-refractivity contribution < 1.29 is 14.7 Å². The summed E-state index contributed by atoms with van der Waals surface area (Å²) in [6, 6.07) is 7.22. The second-order valence-corrected chi connectivity index (χ2v) is 6.34. The first kappa shape index (κ1) is 16.5. The SMILES string of the molecule is CC(=O)NCc1ccc(C(=O)NC2CCCC2(C)CO)cc1. The van der Waals surface area contributed by atoms with Gasteiger partial charge in [-0.05, 0) is 30.5 Å². The van der Waals surface area contributed by atoms with Crippen LogP contribution in [-0.4, -0.2) is 29.6 Å². The normalized spacial score (nSPS) is 24.0. The summed E-state index contributed by atoms with van der Waals surface area (Å²) in [4.78, 5) is 23.2. The van der Waals surface area contributed by atoms with E-state index in [1.165, 1.54) is 6.92 Å². The van der Waals surface area contributed by atoms with Gasteiger partial charge in [-0.1, -0.05) is 25.5 Å². The predicted octanol–water partition coefficient (Wildman–Crippen LogP) is 1.60. The fourth-order valence-electron chi connectivity index (χ4n) is 2.91. The van der Waals surface area contributed by atoms with Gasteiger partial charge in [-0.3, -0.25) is 9.59 Å². The molecule has 3 N–H and O–H groups in total. The molecule has 2 amide bonds. The Morgan fingerprint density at radius 1 is 1.32 bits per heavy atom. The summed E-state index contributed by atoms with van der Waals surface area (Å²) in [6.07, 6.45) is 2.87. The summed E-state index contributed by atoms with van der Waals surface area (Å²) in [6.45, 7) is 4.04. The molecule has 0 radical (unpaired) electrons. The van der Waals surface area contributed by atoms with E-state index in [1.54, 1.807) is 12.1 Å². The second-order valence-electron chi connectivity index (χ2n) is 6.34. The molecule has 0 heterocycles. The molecular formula is C17H24N2O3. The Balaban J connectivity index is 1.96. The zero-order chi connectivity index (χ0) is 16.2. The lowest BCUT2D eigenvalue weighted by Gasteiger charge is -2.30. The van der Waals surface area contributed by atoms with Crippen LogP contribution in [0, 0.1) is 5.41 Å². The first-order chi connectivity index (χ1) is 10.4. The molecule has 0 aliphatic heterocycles. The van der Waals surface area contributed by atoms with Crippen LogP contribution in [-0.2, 0) is 11.3 Å². The summed E-state index contributed by atoms with van der Waals surface area (Å²) in [5.41, 5.74) is 1.33. The third-order valence-corrected chi connectivity index (χ3v) is 4.51. The van der Waals surface area contributed by atoms with Gasteiger partial charge in [0.15, 0.2) is 0 Å². The topological polar surface area (TPSA) is 78.4 Å². The smallest absolute Gasteiger partial charge is 0.251 e. The highest BCUT2D eigenvalue weighted by Crippen LogP contribution is 2.37. The summed E-state index contributed by atoms with van der Waals surface area (Å²) >= 11 is 0. The van der Waals surface area contributed by atoms with Crippen LogP contribution in [0.1, 0.15) is 49.0 Å². The van der Waals surface area contributed by atoms with Gasteiger partial charge < -0.3 is 15.7 Å². The molecule has 1 aliphatic rings. The monoisotopic (exact) mass is 304 g/mol. The standard InChI is InChI=1S/C17H24N2O3/c1-12(21)18-10-13-5-7-14(8-6-13)16(22)19-15-4-3-9-17(15,2)11-20/h5-8,15,20H,3-4,9-11H2,1-2H3,(H,18,21)(H,19,22). The zero-order valence-corrected chi connectivity index (χ0v) is 13.2. The minimum Gasteiger partial charge on any atom is -0.396 e. The van der Waals surface area contributed by atoms with E-state index in [4.69, 9.17) is 0 Å². The van der Waals surface area contributed by atoms with E-state index in [2.05, 4.69) is 10.6 Å². The Bertz CT molecular complexity index is 541. The minimum atomic E-state index is -0.221. The van der Waals surface area contributed by atoms with Crippen molar-refractivity contribution in [2.45, 2.75) is 45.7 Å². The highest BCUT2D eigenvalue weighted by Gasteiger charge is 2.39. The van der Waals surface area contributed by atoms with Crippen LogP contribution in [0.5, 0.6) is 0 Å². The van der Waals surface area contributed by atoms with Crippen LogP contribution >= 0.6 is 0 Å². The van der Waals surface area contributed by atoms with Crippen molar-refractivity contribution in [2.24, 2.45) is 5.41 Å². The van der Waals surface area contributed by atoms with Gasteiger partial charge >= 0.3 is 0 Å². The van der Waals surface area contributed by atoms with Gasteiger partial charge in [-0.25, -0.2) is 0 Å². The van der Waals surface area contributed by atoms with Gasteiger partial charge in [0.1, 0.15) is 0 Å². The summed E-state index contributed by atoms with van der Waals surface area (Å²) in [7, 11) is 0. The van der Waals surface area contributed by atoms with Crippen LogP contribution < -0.4 is 10.6 Å². The van der Waals surface area contributed by atoms with Gasteiger partial charge in [-0.2, -0.15) is 0 Å². The minimum absolute atomic E-state index is 0.0176. The zero-order valence-electron chi connectivity index (χ0n) is 13.2. The molecule has 0 bridgehead atoms. The van der Waals surface area contributed by atoms with E-state index in [1.807, 2.05) is 19.1 Å². The highest BCUT2D eigenvalue weighted by atomic mass is 16.3. The average molecular weight is 304 g/mol. The molecule has 0 spiro atoms. The van der Waals surface area contributed by atoms with Crippen molar-refractivity contribution in [1.82, 2.24) is 10.6 Å². The van der Waals surface area contributed by atoms with Crippen LogP contribution in [0.25, 0.3) is 0 Å². The van der Waals surface area contributed by atoms with E-state index in [9.17, 15) is 14.7 Å². The van der Waals surface area contributed by atoms with Crippen LogP contribution in [0.3, 0.4) is 0 Å². The highest BCUT2D eigenvalue weighted by molar-refractivity contribution is 5.94. The Kier molecular flexibility index (Phi) is 5.19. The number of carbonyl (C=O) groups is 2. The lowest BCUT2D eigenvalue weighted by molar-refractivity contribution is -0.119. The number of nitrogens with one attached hydrogen (secondary N) is 2. The number of amides is 2. The Labute approximate surface area is 131 Å². The average Bonchev–Trinajstić information content (AvgIpc) is 2.87. The summed E-state index contributed by atoms with van der Waals surface area (Å²) in [5, 5.41) is 15.3. The molecule has 1 aliphatic carbocycles. The van der Waals surface area contributed by atoms with Crippen molar-refractivity contribution in [3.05, 3.63) is 35.4 Å². The van der Waals surface area contributed by atoms with Crippen LogP contribution in [0.15, 0.2) is 24.3 Å². The molecule has 0 saturated heterocycles. The molecule has 2 unspecified atom stereocenters. The lowest BCUT2D eigenvalue weighted by atomic mass is 9.85. The van der Waals surface area contributed by atoms with E-state index in [0.29, 0.717) is 12.1 Å². The molecular weight excluding hydrogens is 280 g/mol. The molecule has 0 aromatic heterocycles. The van der Waals surface area contributed by atoms with Gasteiger partial charge in [0.2, 0.25) is 5.91 Å². The van der Waals surface area contributed by atoms with Crippen molar-refractivity contribution in [3.63, 3.8) is 0 Å². The fourth-order valence-corrected chi connectivity index (χ4v) is 2.91. The van der Waals surface area contributed by atoms with E-state index in [0.717, 1.165) is 24.8 Å². The maximum absolute atomic E-state index is 12.3. The largest absolute Gasteiger partial charge is 0.396 e. The third kappa shape index (κ3) is 3.85. The number of benzene rings is 1. The first-order valence-electron chi connectivity index (χ1n) is 7.70. The predicted molar refractivity (Wildman–Crippen MR) is 84.3 cm³/mol. The summed E-state index contributed by atoms with van der Waals surface area (Å²) in [5.74, 6) is -0.191. The van der Waals surface area contributed by atoms with Gasteiger partial charge in [0, 0.05) is 30.5 Å². The maximum atomic E-state index is 12.3.